The predicted molar refractivity (Wildman–Crippen MR) is 82.3 cm³/mol. The van der Waals surface area contributed by atoms with E-state index < -0.39 is 0 Å². The first-order valence-electron chi connectivity index (χ1n) is 7.60. The lowest BCUT2D eigenvalue weighted by molar-refractivity contribution is -0.137. The Hall–Kier alpha value is -1.35. The molecule has 3 heteroatoms. The normalized spacial score (nSPS) is 19.6. The zero-order valence-corrected chi connectivity index (χ0v) is 12.8. The largest absolute Gasteiger partial charge is 0.338 e. The number of rotatable bonds is 4. The number of fused-ring (bicyclic) bond motifs is 1. The minimum Gasteiger partial charge on any atom is -0.338 e. The van der Waals surface area contributed by atoms with Crippen LogP contribution in [0.4, 0.5) is 0 Å². The van der Waals surface area contributed by atoms with E-state index in [9.17, 15) is 4.79 Å². The van der Waals surface area contributed by atoms with Crippen LogP contribution in [-0.2, 0) is 11.2 Å². The van der Waals surface area contributed by atoms with Crippen LogP contribution >= 0.6 is 0 Å². The first-order valence-corrected chi connectivity index (χ1v) is 7.60. The summed E-state index contributed by atoms with van der Waals surface area (Å²) >= 11 is 0. The van der Waals surface area contributed by atoms with E-state index in [-0.39, 0.29) is 23.8 Å². The van der Waals surface area contributed by atoms with Gasteiger partial charge in [0.1, 0.15) is 0 Å². The number of nitrogens with two attached hydrogens (primary N) is 1. The molecule has 110 valence electrons. The highest BCUT2D eigenvalue weighted by Gasteiger charge is 2.31. The third kappa shape index (κ3) is 2.88. The summed E-state index contributed by atoms with van der Waals surface area (Å²) in [6.45, 7) is 4.56. The van der Waals surface area contributed by atoms with Crippen LogP contribution in [0, 0.1) is 11.8 Å². The molecule has 0 spiro atoms. The number of benzene rings is 1. The monoisotopic (exact) mass is 274 g/mol. The number of carbonyl (C=O) groups excluding carboxylic acids is 1. The lowest BCUT2D eigenvalue weighted by atomic mass is 9.85. The molecule has 0 radical (unpaired) electrons. The van der Waals surface area contributed by atoms with E-state index in [1.165, 1.54) is 11.1 Å². The Labute approximate surface area is 122 Å². The molecule has 2 atom stereocenters. The molecule has 0 fully saturated rings. The highest BCUT2D eigenvalue weighted by Crippen LogP contribution is 2.34. The molecule has 3 nitrogen and oxygen atoms in total. The second-order valence-corrected chi connectivity index (χ2v) is 6.14. The number of carbonyl (C=O) groups is 1. The van der Waals surface area contributed by atoms with E-state index in [2.05, 4.69) is 38.1 Å². The summed E-state index contributed by atoms with van der Waals surface area (Å²) in [5, 5.41) is 0. The van der Waals surface area contributed by atoms with E-state index in [1.807, 2.05) is 11.9 Å². The Kier molecular flexibility index (Phi) is 4.81. The van der Waals surface area contributed by atoms with Crippen molar-refractivity contribution in [1.82, 2.24) is 4.90 Å². The molecule has 0 aromatic heterocycles. The third-order valence-corrected chi connectivity index (χ3v) is 4.53. The van der Waals surface area contributed by atoms with Gasteiger partial charge in [0.25, 0.3) is 0 Å². The van der Waals surface area contributed by atoms with Crippen LogP contribution in [-0.4, -0.2) is 24.4 Å². The molecular weight excluding hydrogens is 248 g/mol. The molecule has 20 heavy (non-hydrogen) atoms. The number of nitrogens with zero attached hydrogens (tertiary/aromatic N) is 1. The van der Waals surface area contributed by atoms with Crippen molar-refractivity contribution in [2.45, 2.75) is 39.2 Å². The van der Waals surface area contributed by atoms with Gasteiger partial charge in [-0.2, -0.15) is 0 Å². The van der Waals surface area contributed by atoms with Crippen LogP contribution in [0.1, 0.15) is 43.9 Å². The molecule has 0 heterocycles. The van der Waals surface area contributed by atoms with Gasteiger partial charge in [0.05, 0.1) is 12.0 Å². The molecule has 1 aliphatic rings. The fourth-order valence-corrected chi connectivity index (χ4v) is 3.20. The zero-order chi connectivity index (χ0) is 14.7. The van der Waals surface area contributed by atoms with Crippen molar-refractivity contribution in [3.8, 4) is 0 Å². The van der Waals surface area contributed by atoms with Gasteiger partial charge in [-0.15, -0.1) is 0 Å². The van der Waals surface area contributed by atoms with Gasteiger partial charge in [-0.1, -0.05) is 38.1 Å². The minimum absolute atomic E-state index is 0.0749. The summed E-state index contributed by atoms with van der Waals surface area (Å²) in [6, 6.07) is 8.71. The van der Waals surface area contributed by atoms with Crippen molar-refractivity contribution in [3.05, 3.63) is 35.4 Å². The van der Waals surface area contributed by atoms with Gasteiger partial charge >= 0.3 is 0 Å². The van der Waals surface area contributed by atoms with Gasteiger partial charge in [0.15, 0.2) is 0 Å². The molecule has 2 N–H and O–H groups in total. The average Bonchev–Trinajstić information content (AvgIpc) is 2.46. The Morgan fingerprint density at radius 1 is 1.40 bits per heavy atom. The van der Waals surface area contributed by atoms with Crippen LogP contribution in [0.15, 0.2) is 24.3 Å². The highest BCUT2D eigenvalue weighted by atomic mass is 16.2. The molecule has 2 unspecified atom stereocenters. The molecule has 0 aliphatic heterocycles. The summed E-state index contributed by atoms with van der Waals surface area (Å²) in [5.74, 6) is 0.395. The lowest BCUT2D eigenvalue weighted by Gasteiger charge is -2.36. The Bertz CT molecular complexity index is 470. The maximum absolute atomic E-state index is 12.7. The Morgan fingerprint density at radius 2 is 2.10 bits per heavy atom. The van der Waals surface area contributed by atoms with Gasteiger partial charge in [0, 0.05) is 13.6 Å². The van der Waals surface area contributed by atoms with Crippen molar-refractivity contribution in [3.63, 3.8) is 0 Å². The van der Waals surface area contributed by atoms with Crippen molar-refractivity contribution in [1.29, 1.82) is 0 Å². The molecule has 0 bridgehead atoms. The van der Waals surface area contributed by atoms with E-state index >= 15 is 0 Å². The minimum atomic E-state index is -0.0749. The van der Waals surface area contributed by atoms with Crippen molar-refractivity contribution < 1.29 is 4.79 Å². The van der Waals surface area contributed by atoms with E-state index in [4.69, 9.17) is 5.73 Å². The Balaban J connectivity index is 2.22. The second-order valence-electron chi connectivity index (χ2n) is 6.14. The lowest BCUT2D eigenvalue weighted by Crippen LogP contribution is -2.41. The smallest absolute Gasteiger partial charge is 0.227 e. The van der Waals surface area contributed by atoms with Gasteiger partial charge in [-0.3, -0.25) is 4.79 Å². The fraction of sp³-hybridized carbons (Fsp3) is 0.588. The van der Waals surface area contributed by atoms with Crippen LogP contribution in [0.2, 0.25) is 0 Å². The molecule has 2 rings (SSSR count). The average molecular weight is 274 g/mol. The maximum Gasteiger partial charge on any atom is 0.227 e. The van der Waals surface area contributed by atoms with Gasteiger partial charge < -0.3 is 10.6 Å². The summed E-state index contributed by atoms with van der Waals surface area (Å²) < 4.78 is 0. The van der Waals surface area contributed by atoms with Crippen molar-refractivity contribution >= 4 is 5.91 Å². The second kappa shape index (κ2) is 6.40. The molecule has 1 aromatic rings. The maximum atomic E-state index is 12.7. The topological polar surface area (TPSA) is 46.3 Å². The number of hydrogen-bond acceptors (Lipinski definition) is 2. The van der Waals surface area contributed by atoms with E-state index in [0.29, 0.717) is 6.54 Å². The molecule has 0 saturated carbocycles. The standard InChI is InChI=1S/C17H26N2O/c1-12(2)15(11-18)17(20)19(3)16-10-6-8-13-7-4-5-9-14(13)16/h4-5,7,9,12,15-16H,6,8,10-11,18H2,1-3H3. The van der Waals surface area contributed by atoms with Gasteiger partial charge in [-0.25, -0.2) is 0 Å². The SMILES string of the molecule is CC(C)C(CN)C(=O)N(C)C1CCCc2ccccc21. The van der Waals surface area contributed by atoms with Crippen molar-refractivity contribution in [2.75, 3.05) is 13.6 Å². The number of amides is 1. The molecule has 1 amide bonds. The summed E-state index contributed by atoms with van der Waals surface area (Å²) in [7, 11) is 1.93. The van der Waals surface area contributed by atoms with Gasteiger partial charge in [0.2, 0.25) is 5.91 Å². The quantitative estimate of drug-likeness (QED) is 0.917. The van der Waals surface area contributed by atoms with Crippen molar-refractivity contribution in [2.24, 2.45) is 17.6 Å². The predicted octanol–water partition coefficient (Wildman–Crippen LogP) is 2.75. The van der Waals surface area contributed by atoms with E-state index in [0.717, 1.165) is 19.3 Å². The molecule has 0 saturated heterocycles. The fourth-order valence-electron chi connectivity index (χ4n) is 3.20. The highest BCUT2D eigenvalue weighted by molar-refractivity contribution is 5.79. The first kappa shape index (κ1) is 15.0. The molecule has 1 aromatic carbocycles. The third-order valence-electron chi connectivity index (χ3n) is 4.53. The number of hydrogen-bond donors (Lipinski definition) is 1. The van der Waals surface area contributed by atoms with Crippen LogP contribution in [0.3, 0.4) is 0 Å². The number of aryl methyl sites for hydroxylation is 1. The molecular formula is C17H26N2O. The van der Waals surface area contributed by atoms with Crippen LogP contribution in [0.5, 0.6) is 0 Å². The van der Waals surface area contributed by atoms with E-state index in [1.54, 1.807) is 0 Å². The van der Waals surface area contributed by atoms with Crippen LogP contribution < -0.4 is 5.73 Å². The Morgan fingerprint density at radius 3 is 2.75 bits per heavy atom. The molecule has 1 aliphatic carbocycles. The zero-order valence-electron chi connectivity index (χ0n) is 12.8. The van der Waals surface area contributed by atoms with Gasteiger partial charge in [-0.05, 0) is 36.3 Å². The summed E-state index contributed by atoms with van der Waals surface area (Å²) in [5.41, 5.74) is 8.49. The first-order chi connectivity index (χ1) is 9.56. The summed E-state index contributed by atoms with van der Waals surface area (Å²) in [6.07, 6.45) is 3.32. The van der Waals surface area contributed by atoms with Crippen LogP contribution in [0.25, 0.3) is 0 Å². The summed E-state index contributed by atoms with van der Waals surface area (Å²) in [4.78, 5) is 14.6.